The van der Waals surface area contributed by atoms with Crippen LogP contribution in [0.3, 0.4) is 0 Å². The quantitative estimate of drug-likeness (QED) is 0.498. The van der Waals surface area contributed by atoms with Gasteiger partial charge >= 0.3 is 0 Å². The van der Waals surface area contributed by atoms with Gasteiger partial charge in [0.05, 0.1) is 0 Å². The summed E-state index contributed by atoms with van der Waals surface area (Å²) in [4.78, 5) is 11.5. The molecule has 0 N–H and O–H groups in total. The summed E-state index contributed by atoms with van der Waals surface area (Å²) in [6, 6.07) is 0. The molecule has 0 heterocycles. The van der Waals surface area contributed by atoms with Gasteiger partial charge in [-0.2, -0.15) is 0 Å². The summed E-state index contributed by atoms with van der Waals surface area (Å²) >= 11 is 0. The van der Waals surface area contributed by atoms with Crippen LogP contribution in [0.5, 0.6) is 0 Å². The van der Waals surface area contributed by atoms with Crippen molar-refractivity contribution in [3.8, 4) is 0 Å². The van der Waals surface area contributed by atoms with E-state index < -0.39 is 0 Å². The highest BCUT2D eigenvalue weighted by atomic mass is 16.1. The first-order valence-electron chi connectivity index (χ1n) is 6.97. The molecule has 0 aliphatic rings. The maximum atomic E-state index is 11.5. The summed E-state index contributed by atoms with van der Waals surface area (Å²) in [6.07, 6.45) is 10.00. The molecular formula is C15H30O. The Morgan fingerprint density at radius 1 is 0.875 bits per heavy atom. The molecule has 1 heteroatoms. The van der Waals surface area contributed by atoms with Gasteiger partial charge in [-0.15, -0.1) is 0 Å². The van der Waals surface area contributed by atoms with Gasteiger partial charge in [-0.25, -0.2) is 0 Å². The Balaban J connectivity index is 3.31. The van der Waals surface area contributed by atoms with Gasteiger partial charge < -0.3 is 0 Å². The summed E-state index contributed by atoms with van der Waals surface area (Å²) in [5.74, 6) is 0.477. The summed E-state index contributed by atoms with van der Waals surface area (Å²) in [6.45, 7) is 8.99. The lowest BCUT2D eigenvalue weighted by Crippen LogP contribution is -2.05. The maximum absolute atomic E-state index is 11.5. The Labute approximate surface area is 102 Å². The zero-order valence-corrected chi connectivity index (χ0v) is 11.8. The Morgan fingerprint density at radius 3 is 1.94 bits per heavy atom. The third-order valence-corrected chi connectivity index (χ3v) is 2.94. The van der Waals surface area contributed by atoms with E-state index in [2.05, 4.69) is 27.7 Å². The number of hydrogen-bond acceptors (Lipinski definition) is 1. The summed E-state index contributed by atoms with van der Waals surface area (Å²) in [5, 5.41) is 0. The van der Waals surface area contributed by atoms with Crippen molar-refractivity contribution in [3.63, 3.8) is 0 Å². The van der Waals surface area contributed by atoms with Crippen molar-refractivity contribution in [1.29, 1.82) is 0 Å². The van der Waals surface area contributed by atoms with Gasteiger partial charge in [0.2, 0.25) is 0 Å². The van der Waals surface area contributed by atoms with E-state index in [1.54, 1.807) is 0 Å². The monoisotopic (exact) mass is 226 g/mol. The van der Waals surface area contributed by atoms with Gasteiger partial charge in [-0.1, -0.05) is 53.4 Å². The Morgan fingerprint density at radius 2 is 1.44 bits per heavy atom. The highest BCUT2D eigenvalue weighted by Crippen LogP contribution is 2.22. The molecule has 0 bridgehead atoms. The predicted octanol–water partition coefficient (Wildman–Crippen LogP) is 5.13. The molecular weight excluding hydrogens is 196 g/mol. The van der Waals surface area contributed by atoms with E-state index in [-0.39, 0.29) is 0 Å². The molecule has 0 fully saturated rings. The Hall–Kier alpha value is -0.330. The lowest BCUT2D eigenvalue weighted by atomic mass is 9.89. The van der Waals surface area contributed by atoms with Gasteiger partial charge in [0.1, 0.15) is 5.78 Å². The molecule has 96 valence electrons. The van der Waals surface area contributed by atoms with Crippen LogP contribution in [0.15, 0.2) is 0 Å². The number of carbonyl (C=O) groups is 1. The lowest BCUT2D eigenvalue weighted by Gasteiger charge is -2.17. The van der Waals surface area contributed by atoms with Crippen LogP contribution in [0, 0.1) is 5.41 Å². The van der Waals surface area contributed by atoms with Crippen LogP contribution in [0.1, 0.15) is 85.5 Å². The number of unbranched alkanes of at least 4 members (excludes halogenated alkanes) is 4. The number of carbonyl (C=O) groups excluding carboxylic acids is 1. The summed E-state index contributed by atoms with van der Waals surface area (Å²) in [5.41, 5.74) is 0.421. The molecule has 1 nitrogen and oxygen atoms in total. The standard InChI is InChI=1S/C15H30O/c1-5-6-7-8-11-14(16)12-9-10-13-15(2,3)4/h5-13H2,1-4H3. The van der Waals surface area contributed by atoms with Crippen molar-refractivity contribution in [2.24, 2.45) is 5.41 Å². The topological polar surface area (TPSA) is 17.1 Å². The molecule has 16 heavy (non-hydrogen) atoms. The normalized spacial score (nSPS) is 11.8. The second kappa shape index (κ2) is 8.78. The second-order valence-corrected chi connectivity index (χ2v) is 6.12. The molecule has 0 amide bonds. The molecule has 0 saturated heterocycles. The van der Waals surface area contributed by atoms with Gasteiger partial charge in [-0.05, 0) is 24.7 Å². The molecule has 0 rings (SSSR count). The molecule has 0 radical (unpaired) electrons. The van der Waals surface area contributed by atoms with Crippen LogP contribution in [0.2, 0.25) is 0 Å². The van der Waals surface area contributed by atoms with Gasteiger partial charge in [0.15, 0.2) is 0 Å². The molecule has 0 spiro atoms. The number of ketones is 1. The molecule has 0 atom stereocenters. The third kappa shape index (κ3) is 11.7. The van der Waals surface area contributed by atoms with Crippen molar-refractivity contribution in [1.82, 2.24) is 0 Å². The van der Waals surface area contributed by atoms with E-state index in [1.165, 1.54) is 32.1 Å². The molecule has 0 aromatic heterocycles. The molecule has 0 unspecified atom stereocenters. The van der Waals surface area contributed by atoms with Crippen molar-refractivity contribution < 1.29 is 4.79 Å². The summed E-state index contributed by atoms with van der Waals surface area (Å²) in [7, 11) is 0. The minimum absolute atomic E-state index is 0.421. The minimum Gasteiger partial charge on any atom is -0.300 e. The zero-order chi connectivity index (χ0) is 12.4. The van der Waals surface area contributed by atoms with Crippen molar-refractivity contribution in [2.75, 3.05) is 0 Å². The first-order chi connectivity index (χ1) is 7.45. The van der Waals surface area contributed by atoms with Gasteiger partial charge in [0, 0.05) is 12.8 Å². The second-order valence-electron chi connectivity index (χ2n) is 6.12. The van der Waals surface area contributed by atoms with Gasteiger partial charge in [0.25, 0.3) is 0 Å². The van der Waals surface area contributed by atoms with Crippen molar-refractivity contribution >= 4 is 5.78 Å². The zero-order valence-electron chi connectivity index (χ0n) is 11.8. The minimum atomic E-state index is 0.421. The molecule has 0 aliphatic carbocycles. The van der Waals surface area contributed by atoms with Crippen LogP contribution in [0.4, 0.5) is 0 Å². The van der Waals surface area contributed by atoms with Gasteiger partial charge in [-0.3, -0.25) is 4.79 Å². The largest absolute Gasteiger partial charge is 0.300 e. The van der Waals surface area contributed by atoms with E-state index in [1.807, 2.05) is 0 Å². The van der Waals surface area contributed by atoms with Crippen LogP contribution < -0.4 is 0 Å². The van der Waals surface area contributed by atoms with Crippen LogP contribution in [-0.4, -0.2) is 5.78 Å². The average molecular weight is 226 g/mol. The molecule has 0 aromatic carbocycles. The van der Waals surface area contributed by atoms with Crippen LogP contribution in [-0.2, 0) is 4.79 Å². The highest BCUT2D eigenvalue weighted by molar-refractivity contribution is 5.78. The Bertz CT molecular complexity index is 176. The van der Waals surface area contributed by atoms with E-state index in [0.717, 1.165) is 25.7 Å². The van der Waals surface area contributed by atoms with E-state index in [4.69, 9.17) is 0 Å². The number of Topliss-reactive ketones (excluding diaryl/α,β-unsaturated/α-hetero) is 1. The molecule has 0 aromatic rings. The van der Waals surface area contributed by atoms with E-state index in [9.17, 15) is 4.79 Å². The average Bonchev–Trinajstić information content (AvgIpc) is 2.18. The molecule has 0 saturated carbocycles. The smallest absolute Gasteiger partial charge is 0.132 e. The fourth-order valence-corrected chi connectivity index (χ4v) is 1.85. The first kappa shape index (κ1) is 15.7. The van der Waals surface area contributed by atoms with E-state index >= 15 is 0 Å². The fourth-order valence-electron chi connectivity index (χ4n) is 1.85. The Kier molecular flexibility index (Phi) is 8.60. The number of hydrogen-bond donors (Lipinski definition) is 0. The summed E-state index contributed by atoms with van der Waals surface area (Å²) < 4.78 is 0. The highest BCUT2D eigenvalue weighted by Gasteiger charge is 2.09. The third-order valence-electron chi connectivity index (χ3n) is 2.94. The van der Waals surface area contributed by atoms with Crippen LogP contribution in [0.25, 0.3) is 0 Å². The SMILES string of the molecule is CCCCCCC(=O)CCCCC(C)(C)C. The van der Waals surface area contributed by atoms with Crippen LogP contribution >= 0.6 is 0 Å². The maximum Gasteiger partial charge on any atom is 0.132 e. The fraction of sp³-hybridized carbons (Fsp3) is 0.933. The number of rotatable bonds is 9. The van der Waals surface area contributed by atoms with Crippen molar-refractivity contribution in [3.05, 3.63) is 0 Å². The van der Waals surface area contributed by atoms with E-state index in [0.29, 0.717) is 11.2 Å². The molecule has 0 aliphatic heterocycles. The first-order valence-corrected chi connectivity index (χ1v) is 6.97. The lowest BCUT2D eigenvalue weighted by molar-refractivity contribution is -0.119. The van der Waals surface area contributed by atoms with Crippen molar-refractivity contribution in [2.45, 2.75) is 85.5 Å². The predicted molar refractivity (Wildman–Crippen MR) is 71.7 cm³/mol.